The Morgan fingerprint density at radius 2 is 1.92 bits per heavy atom. The molecule has 0 amide bonds. The van der Waals surface area contributed by atoms with E-state index < -0.39 is 0 Å². The topological polar surface area (TPSA) is 23.8 Å². The molecule has 0 bridgehead atoms. The highest BCUT2D eigenvalue weighted by Crippen LogP contribution is 2.20. The molecule has 0 radical (unpaired) electrons. The van der Waals surface area contributed by atoms with Gasteiger partial charge in [-0.25, -0.2) is 4.39 Å². The molecular weight excluding hydrogens is 165 g/mol. The quantitative estimate of drug-likeness (QED) is 0.647. The molecule has 0 aliphatic rings. The van der Waals surface area contributed by atoms with E-state index in [1.54, 1.807) is 6.92 Å². The molecule has 0 atom stereocenters. The minimum atomic E-state index is -0.232. The van der Waals surface area contributed by atoms with Gasteiger partial charge in [0.05, 0.1) is 12.5 Å². The van der Waals surface area contributed by atoms with E-state index in [-0.39, 0.29) is 12.2 Å². The smallest absolute Gasteiger partial charge is 0.130 e. The van der Waals surface area contributed by atoms with Gasteiger partial charge in [0.25, 0.3) is 0 Å². The lowest BCUT2D eigenvalue weighted by Crippen LogP contribution is -1.99. The Balaban J connectivity index is 3.39. The third kappa shape index (κ3) is 1.70. The standard InChI is InChI=1S/C11H12FN/c1-7-6-8(2)11(12)10(4-5-13)9(7)3/h6H,4H2,1-3H3. The second-order valence-corrected chi connectivity index (χ2v) is 3.26. The monoisotopic (exact) mass is 177 g/mol. The Morgan fingerprint density at radius 1 is 1.31 bits per heavy atom. The Bertz CT molecular complexity index is 348. The third-order valence-electron chi connectivity index (χ3n) is 2.34. The van der Waals surface area contributed by atoms with Crippen molar-refractivity contribution in [1.29, 1.82) is 5.26 Å². The molecule has 68 valence electrons. The zero-order valence-corrected chi connectivity index (χ0v) is 8.11. The SMILES string of the molecule is Cc1cc(C)c(F)c(CC#N)c1C. The molecule has 0 spiro atoms. The maximum atomic E-state index is 13.5. The summed E-state index contributed by atoms with van der Waals surface area (Å²) in [4.78, 5) is 0. The summed E-state index contributed by atoms with van der Waals surface area (Å²) in [6.07, 6.45) is 0.153. The van der Waals surface area contributed by atoms with Crippen LogP contribution in [0.1, 0.15) is 22.3 Å². The number of rotatable bonds is 1. The number of aryl methyl sites for hydroxylation is 2. The van der Waals surface area contributed by atoms with Gasteiger partial charge in [-0.2, -0.15) is 5.26 Å². The molecule has 0 unspecified atom stereocenters. The van der Waals surface area contributed by atoms with Crippen molar-refractivity contribution in [2.75, 3.05) is 0 Å². The number of halogens is 1. The predicted octanol–water partition coefficient (Wildman–Crippen LogP) is 2.82. The molecule has 0 aliphatic carbocycles. The summed E-state index contributed by atoms with van der Waals surface area (Å²) in [6.45, 7) is 5.51. The van der Waals surface area contributed by atoms with Crippen molar-refractivity contribution >= 4 is 0 Å². The molecule has 0 fully saturated rings. The van der Waals surface area contributed by atoms with Crippen LogP contribution in [0.3, 0.4) is 0 Å². The summed E-state index contributed by atoms with van der Waals surface area (Å²) >= 11 is 0. The lowest BCUT2D eigenvalue weighted by Gasteiger charge is -2.09. The zero-order valence-electron chi connectivity index (χ0n) is 8.11. The maximum absolute atomic E-state index is 13.5. The van der Waals surface area contributed by atoms with Gasteiger partial charge in [0.1, 0.15) is 5.82 Å². The van der Waals surface area contributed by atoms with Crippen molar-refractivity contribution in [2.24, 2.45) is 0 Å². The molecule has 0 aromatic heterocycles. The fourth-order valence-corrected chi connectivity index (χ4v) is 1.43. The van der Waals surface area contributed by atoms with Crippen molar-refractivity contribution in [3.05, 3.63) is 34.1 Å². The number of benzene rings is 1. The lowest BCUT2D eigenvalue weighted by molar-refractivity contribution is 0.603. The van der Waals surface area contributed by atoms with E-state index in [2.05, 4.69) is 0 Å². The van der Waals surface area contributed by atoms with Crippen LogP contribution in [0.5, 0.6) is 0 Å². The van der Waals surface area contributed by atoms with Crippen LogP contribution in [0, 0.1) is 37.9 Å². The van der Waals surface area contributed by atoms with Gasteiger partial charge >= 0.3 is 0 Å². The normalized spacial score (nSPS) is 9.77. The van der Waals surface area contributed by atoms with Crippen LogP contribution >= 0.6 is 0 Å². The van der Waals surface area contributed by atoms with Crippen LogP contribution in [0.4, 0.5) is 4.39 Å². The van der Waals surface area contributed by atoms with Crippen LogP contribution in [-0.2, 0) is 6.42 Å². The summed E-state index contributed by atoms with van der Waals surface area (Å²) in [5, 5.41) is 8.53. The summed E-state index contributed by atoms with van der Waals surface area (Å²) < 4.78 is 13.5. The Kier molecular flexibility index (Phi) is 2.67. The van der Waals surface area contributed by atoms with Crippen molar-refractivity contribution in [3.63, 3.8) is 0 Å². The summed E-state index contributed by atoms with van der Waals surface area (Å²) in [7, 11) is 0. The fraction of sp³-hybridized carbons (Fsp3) is 0.364. The van der Waals surface area contributed by atoms with Crippen molar-refractivity contribution in [3.8, 4) is 6.07 Å². The van der Waals surface area contributed by atoms with Crippen LogP contribution < -0.4 is 0 Å². The molecule has 13 heavy (non-hydrogen) atoms. The Hall–Kier alpha value is -1.36. The van der Waals surface area contributed by atoms with E-state index in [0.29, 0.717) is 11.1 Å². The first-order valence-corrected chi connectivity index (χ1v) is 4.20. The van der Waals surface area contributed by atoms with Gasteiger partial charge in [0.15, 0.2) is 0 Å². The van der Waals surface area contributed by atoms with E-state index in [1.165, 1.54) is 0 Å². The maximum Gasteiger partial charge on any atom is 0.130 e. The first-order valence-electron chi connectivity index (χ1n) is 4.20. The molecular formula is C11H12FN. The molecule has 1 aromatic rings. The van der Waals surface area contributed by atoms with Crippen LogP contribution in [-0.4, -0.2) is 0 Å². The summed E-state index contributed by atoms with van der Waals surface area (Å²) in [5.74, 6) is -0.232. The van der Waals surface area contributed by atoms with Gasteiger partial charge in [-0.3, -0.25) is 0 Å². The van der Waals surface area contributed by atoms with E-state index in [4.69, 9.17) is 5.26 Å². The molecule has 1 aromatic carbocycles. The molecule has 0 saturated heterocycles. The molecule has 0 saturated carbocycles. The predicted molar refractivity (Wildman–Crippen MR) is 49.9 cm³/mol. The summed E-state index contributed by atoms with van der Waals surface area (Å²) in [5.41, 5.74) is 3.10. The van der Waals surface area contributed by atoms with Crippen molar-refractivity contribution in [1.82, 2.24) is 0 Å². The van der Waals surface area contributed by atoms with Crippen LogP contribution in [0.25, 0.3) is 0 Å². The average Bonchev–Trinajstić information content (AvgIpc) is 2.09. The largest absolute Gasteiger partial charge is 0.206 e. The van der Waals surface area contributed by atoms with Crippen LogP contribution in [0.15, 0.2) is 6.07 Å². The average molecular weight is 177 g/mol. The first-order chi connectivity index (χ1) is 6.07. The van der Waals surface area contributed by atoms with E-state index >= 15 is 0 Å². The minimum absolute atomic E-state index is 0.153. The lowest BCUT2D eigenvalue weighted by atomic mass is 9.97. The summed E-state index contributed by atoms with van der Waals surface area (Å²) in [6, 6.07) is 3.79. The molecule has 0 aliphatic heterocycles. The van der Waals surface area contributed by atoms with Gasteiger partial charge < -0.3 is 0 Å². The highest BCUT2D eigenvalue weighted by atomic mass is 19.1. The third-order valence-corrected chi connectivity index (χ3v) is 2.34. The number of nitriles is 1. The molecule has 0 N–H and O–H groups in total. The van der Waals surface area contributed by atoms with E-state index in [9.17, 15) is 4.39 Å². The molecule has 1 rings (SSSR count). The fourth-order valence-electron chi connectivity index (χ4n) is 1.43. The number of hydrogen-bond acceptors (Lipinski definition) is 1. The second kappa shape index (κ2) is 3.57. The number of nitrogens with zero attached hydrogens (tertiary/aromatic N) is 1. The van der Waals surface area contributed by atoms with Gasteiger partial charge in [-0.05, 0) is 37.5 Å². The number of hydrogen-bond donors (Lipinski definition) is 0. The van der Waals surface area contributed by atoms with E-state index in [1.807, 2.05) is 26.0 Å². The second-order valence-electron chi connectivity index (χ2n) is 3.26. The first kappa shape index (κ1) is 9.73. The van der Waals surface area contributed by atoms with Gasteiger partial charge in [-0.1, -0.05) is 6.07 Å². The highest BCUT2D eigenvalue weighted by molar-refractivity contribution is 5.39. The molecule has 2 heteroatoms. The highest BCUT2D eigenvalue weighted by Gasteiger charge is 2.10. The Labute approximate surface area is 77.8 Å². The molecule has 0 heterocycles. The molecule has 1 nitrogen and oxygen atoms in total. The van der Waals surface area contributed by atoms with Gasteiger partial charge in [0, 0.05) is 5.56 Å². The van der Waals surface area contributed by atoms with Gasteiger partial charge in [0.2, 0.25) is 0 Å². The van der Waals surface area contributed by atoms with Crippen molar-refractivity contribution < 1.29 is 4.39 Å². The zero-order chi connectivity index (χ0) is 10.0. The minimum Gasteiger partial charge on any atom is -0.206 e. The van der Waals surface area contributed by atoms with E-state index in [0.717, 1.165) is 11.1 Å². The van der Waals surface area contributed by atoms with Crippen LogP contribution in [0.2, 0.25) is 0 Å². The van der Waals surface area contributed by atoms with Crippen molar-refractivity contribution in [2.45, 2.75) is 27.2 Å². The van der Waals surface area contributed by atoms with Gasteiger partial charge in [-0.15, -0.1) is 0 Å². The Morgan fingerprint density at radius 3 is 2.46 bits per heavy atom.